The summed E-state index contributed by atoms with van der Waals surface area (Å²) in [6, 6.07) is 11.4. The van der Waals surface area contributed by atoms with E-state index < -0.39 is 15.4 Å². The molecule has 1 heterocycles. The van der Waals surface area contributed by atoms with E-state index in [-0.39, 0.29) is 10.8 Å². The second kappa shape index (κ2) is 6.02. The predicted octanol–water partition coefficient (Wildman–Crippen LogP) is 3.26. The van der Waals surface area contributed by atoms with Crippen LogP contribution >= 0.6 is 0 Å². The number of anilines is 2. The number of amides is 1. The fourth-order valence-electron chi connectivity index (χ4n) is 3.92. The molecule has 26 heavy (non-hydrogen) atoms. The molecule has 0 saturated heterocycles. The fraction of sp³-hybridized carbons (Fsp3) is 0.316. The van der Waals surface area contributed by atoms with E-state index in [1.807, 2.05) is 0 Å². The molecule has 2 aromatic rings. The first-order valence-corrected chi connectivity index (χ1v) is 10.1. The molecule has 0 radical (unpaired) electrons. The van der Waals surface area contributed by atoms with E-state index in [0.29, 0.717) is 11.4 Å². The number of sulfonamides is 1. The van der Waals surface area contributed by atoms with Gasteiger partial charge in [0.15, 0.2) is 0 Å². The lowest BCUT2D eigenvalue weighted by atomic mass is 9.80. The maximum Gasteiger partial charge on any atom is 0.261 e. The molecule has 0 atom stereocenters. The van der Waals surface area contributed by atoms with Gasteiger partial charge in [-0.2, -0.15) is 0 Å². The van der Waals surface area contributed by atoms with Crippen molar-refractivity contribution in [2.75, 3.05) is 17.1 Å². The molecule has 4 rings (SSSR count). The van der Waals surface area contributed by atoms with Crippen LogP contribution in [0.4, 0.5) is 11.4 Å². The van der Waals surface area contributed by atoms with Crippen molar-refractivity contribution in [2.45, 2.75) is 36.0 Å². The lowest BCUT2D eigenvalue weighted by molar-refractivity contribution is -0.120. The predicted molar refractivity (Wildman–Crippen MR) is 99.0 cm³/mol. The molecular weight excluding hydrogens is 352 g/mol. The number of carbonyl (C=O) groups excluding carboxylic acids is 1. The molecule has 1 amide bonds. The monoisotopic (exact) mass is 372 g/mol. The summed E-state index contributed by atoms with van der Waals surface area (Å²) in [5.74, 6) is 0.620. The van der Waals surface area contributed by atoms with Crippen LogP contribution in [0, 0.1) is 0 Å². The summed E-state index contributed by atoms with van der Waals surface area (Å²) in [5.41, 5.74) is 1.64. The summed E-state index contributed by atoms with van der Waals surface area (Å²) >= 11 is 0. The number of carbonyl (C=O) groups is 1. The molecule has 6 nitrogen and oxygen atoms in total. The zero-order valence-electron chi connectivity index (χ0n) is 14.4. The zero-order valence-corrected chi connectivity index (χ0v) is 15.2. The second-order valence-electron chi connectivity index (χ2n) is 6.78. The molecule has 136 valence electrons. The summed E-state index contributed by atoms with van der Waals surface area (Å²) in [5, 5.41) is 2.93. The lowest BCUT2D eigenvalue weighted by Crippen LogP contribution is -2.31. The third-order valence-electron chi connectivity index (χ3n) is 5.30. The maximum atomic E-state index is 12.6. The first-order valence-electron chi connectivity index (χ1n) is 8.57. The standard InChI is InChI=1S/C19H20N2O4S/c1-25-14-5-7-15(8-6-14)26(23,24)21-13-4-9-17-16(12-13)19(18(22)20-17)10-2-3-11-19/h4-9,12,21H,2-3,10-11H2,1H3,(H,20,22). The molecule has 2 aliphatic rings. The zero-order chi connectivity index (χ0) is 18.4. The van der Waals surface area contributed by atoms with Crippen LogP contribution in [-0.4, -0.2) is 21.4 Å². The van der Waals surface area contributed by atoms with Crippen molar-refractivity contribution >= 4 is 27.3 Å². The highest BCUT2D eigenvalue weighted by atomic mass is 32.2. The van der Waals surface area contributed by atoms with Gasteiger partial charge in [-0.15, -0.1) is 0 Å². The topological polar surface area (TPSA) is 84.5 Å². The SMILES string of the molecule is COc1ccc(S(=O)(=O)Nc2ccc3c(c2)C2(CCCC2)C(=O)N3)cc1. The first kappa shape index (κ1) is 16.9. The Morgan fingerprint density at radius 2 is 1.77 bits per heavy atom. The number of fused-ring (bicyclic) bond motifs is 2. The van der Waals surface area contributed by atoms with Gasteiger partial charge in [0.05, 0.1) is 17.4 Å². The maximum absolute atomic E-state index is 12.6. The number of methoxy groups -OCH3 is 1. The van der Waals surface area contributed by atoms with E-state index in [9.17, 15) is 13.2 Å². The van der Waals surface area contributed by atoms with E-state index in [1.54, 1.807) is 30.3 Å². The van der Waals surface area contributed by atoms with E-state index in [2.05, 4.69) is 10.0 Å². The van der Waals surface area contributed by atoms with Crippen LogP contribution in [0.5, 0.6) is 5.75 Å². The molecule has 1 spiro atoms. The van der Waals surface area contributed by atoms with Gasteiger partial charge in [-0.05, 0) is 60.9 Å². The Labute approximate surface area is 152 Å². The van der Waals surface area contributed by atoms with Crippen molar-refractivity contribution in [1.29, 1.82) is 0 Å². The van der Waals surface area contributed by atoms with Crippen molar-refractivity contribution < 1.29 is 17.9 Å². The van der Waals surface area contributed by atoms with Crippen LogP contribution in [0.15, 0.2) is 47.4 Å². The number of ether oxygens (including phenoxy) is 1. The molecule has 2 N–H and O–H groups in total. The van der Waals surface area contributed by atoms with Crippen molar-refractivity contribution in [3.8, 4) is 5.75 Å². The summed E-state index contributed by atoms with van der Waals surface area (Å²) in [4.78, 5) is 12.6. The largest absolute Gasteiger partial charge is 0.497 e. The van der Waals surface area contributed by atoms with Gasteiger partial charge in [-0.3, -0.25) is 9.52 Å². The number of hydrogen-bond acceptors (Lipinski definition) is 4. The van der Waals surface area contributed by atoms with Crippen LogP contribution in [0.1, 0.15) is 31.2 Å². The minimum Gasteiger partial charge on any atom is -0.497 e. The van der Waals surface area contributed by atoms with Gasteiger partial charge in [-0.1, -0.05) is 12.8 Å². The van der Waals surface area contributed by atoms with Crippen LogP contribution < -0.4 is 14.8 Å². The normalized spacial score (nSPS) is 17.8. The smallest absolute Gasteiger partial charge is 0.261 e. The van der Waals surface area contributed by atoms with Crippen LogP contribution in [-0.2, 0) is 20.2 Å². The average Bonchev–Trinajstić information content (AvgIpc) is 3.22. The van der Waals surface area contributed by atoms with Gasteiger partial charge < -0.3 is 10.1 Å². The quantitative estimate of drug-likeness (QED) is 0.863. The number of nitrogens with one attached hydrogen (secondary N) is 2. The Morgan fingerprint density at radius 1 is 1.08 bits per heavy atom. The molecule has 7 heteroatoms. The van der Waals surface area contributed by atoms with Crippen LogP contribution in [0.25, 0.3) is 0 Å². The molecular formula is C19H20N2O4S. The Bertz CT molecular complexity index is 962. The second-order valence-corrected chi connectivity index (χ2v) is 8.47. The van der Waals surface area contributed by atoms with Crippen LogP contribution in [0.2, 0.25) is 0 Å². The molecule has 0 aromatic heterocycles. The highest BCUT2D eigenvalue weighted by Crippen LogP contribution is 2.49. The highest BCUT2D eigenvalue weighted by molar-refractivity contribution is 7.92. The number of rotatable bonds is 4. The Kier molecular flexibility index (Phi) is 3.91. The molecule has 2 aromatic carbocycles. The Hall–Kier alpha value is -2.54. The Balaban J connectivity index is 1.65. The van der Waals surface area contributed by atoms with Crippen molar-refractivity contribution in [3.05, 3.63) is 48.0 Å². The van der Waals surface area contributed by atoms with Gasteiger partial charge in [0.1, 0.15) is 5.75 Å². The molecule has 0 unspecified atom stereocenters. The minimum absolute atomic E-state index is 0.0279. The van der Waals surface area contributed by atoms with E-state index in [0.717, 1.165) is 36.9 Å². The van der Waals surface area contributed by atoms with Crippen LogP contribution in [0.3, 0.4) is 0 Å². The third kappa shape index (κ3) is 2.63. The molecule has 1 aliphatic carbocycles. The lowest BCUT2D eigenvalue weighted by Gasteiger charge is -2.21. The van der Waals surface area contributed by atoms with Crippen molar-refractivity contribution in [3.63, 3.8) is 0 Å². The molecule has 1 fully saturated rings. The van der Waals surface area contributed by atoms with Crippen molar-refractivity contribution in [1.82, 2.24) is 0 Å². The van der Waals surface area contributed by atoms with Gasteiger partial charge in [-0.25, -0.2) is 8.42 Å². The average molecular weight is 372 g/mol. The fourth-order valence-corrected chi connectivity index (χ4v) is 4.97. The van der Waals surface area contributed by atoms with Gasteiger partial charge in [0.25, 0.3) is 10.0 Å². The highest BCUT2D eigenvalue weighted by Gasteiger charge is 2.48. The Morgan fingerprint density at radius 3 is 2.42 bits per heavy atom. The minimum atomic E-state index is -3.72. The van der Waals surface area contributed by atoms with Gasteiger partial charge in [0.2, 0.25) is 5.91 Å². The summed E-state index contributed by atoms with van der Waals surface area (Å²) < 4.78 is 33.0. The molecule has 1 aliphatic heterocycles. The van der Waals surface area contributed by atoms with Gasteiger partial charge >= 0.3 is 0 Å². The van der Waals surface area contributed by atoms with E-state index in [4.69, 9.17) is 4.74 Å². The van der Waals surface area contributed by atoms with E-state index >= 15 is 0 Å². The third-order valence-corrected chi connectivity index (χ3v) is 6.69. The molecule has 1 saturated carbocycles. The first-order chi connectivity index (χ1) is 12.4. The summed E-state index contributed by atoms with van der Waals surface area (Å²) in [6.07, 6.45) is 3.63. The van der Waals surface area contributed by atoms with Crippen molar-refractivity contribution in [2.24, 2.45) is 0 Å². The molecule has 0 bridgehead atoms. The van der Waals surface area contributed by atoms with E-state index in [1.165, 1.54) is 19.2 Å². The number of hydrogen-bond donors (Lipinski definition) is 2. The van der Waals surface area contributed by atoms with Gasteiger partial charge in [0, 0.05) is 11.4 Å². The summed E-state index contributed by atoms with van der Waals surface area (Å²) in [6.45, 7) is 0. The summed E-state index contributed by atoms with van der Waals surface area (Å²) in [7, 11) is -2.19. The number of benzene rings is 2.